The summed E-state index contributed by atoms with van der Waals surface area (Å²) in [5.41, 5.74) is 0.955. The number of fused-ring (bicyclic) bond motifs is 2. The van der Waals surface area contributed by atoms with Crippen LogP contribution >= 0.6 is 12.4 Å². The van der Waals surface area contributed by atoms with Crippen LogP contribution in [0.5, 0.6) is 0 Å². The molecular formula is C21H29ClN4O3. The van der Waals surface area contributed by atoms with Crippen molar-refractivity contribution in [3.8, 4) is 0 Å². The number of hydrogen-bond donors (Lipinski definition) is 2. The zero-order chi connectivity index (χ0) is 19.7. The number of benzene rings is 1. The Morgan fingerprint density at radius 1 is 1.24 bits per heavy atom. The van der Waals surface area contributed by atoms with E-state index in [0.717, 1.165) is 54.8 Å². The van der Waals surface area contributed by atoms with E-state index in [9.17, 15) is 14.4 Å². The van der Waals surface area contributed by atoms with Crippen molar-refractivity contribution in [3.05, 3.63) is 35.4 Å². The van der Waals surface area contributed by atoms with E-state index in [0.29, 0.717) is 13.0 Å². The minimum Gasteiger partial charge on any atom is -0.338 e. The Morgan fingerprint density at radius 2 is 1.97 bits per heavy atom. The quantitative estimate of drug-likeness (QED) is 0.711. The zero-order valence-electron chi connectivity index (χ0n) is 16.8. The number of carbonyl (C=O) groups excluding carboxylic acids is 3. The molecule has 4 rings (SSSR count). The van der Waals surface area contributed by atoms with Gasteiger partial charge in [-0.1, -0.05) is 31.2 Å². The molecule has 1 aromatic rings. The van der Waals surface area contributed by atoms with Gasteiger partial charge in [-0.2, -0.15) is 0 Å². The summed E-state index contributed by atoms with van der Waals surface area (Å²) in [4.78, 5) is 42.0. The van der Waals surface area contributed by atoms with E-state index < -0.39 is 11.6 Å². The second-order valence-corrected chi connectivity index (χ2v) is 7.95. The van der Waals surface area contributed by atoms with Crippen LogP contribution in [0.1, 0.15) is 43.7 Å². The molecule has 0 aromatic heterocycles. The van der Waals surface area contributed by atoms with Crippen molar-refractivity contribution in [3.63, 3.8) is 0 Å². The molecule has 4 amide bonds. The number of aryl methyl sites for hydroxylation is 1. The van der Waals surface area contributed by atoms with E-state index >= 15 is 0 Å². The van der Waals surface area contributed by atoms with Crippen molar-refractivity contribution in [2.75, 3.05) is 26.2 Å². The average molecular weight is 421 g/mol. The van der Waals surface area contributed by atoms with Crippen LogP contribution in [0.4, 0.5) is 4.79 Å². The van der Waals surface area contributed by atoms with Gasteiger partial charge in [0.15, 0.2) is 0 Å². The molecule has 2 aliphatic heterocycles. The first-order valence-electron chi connectivity index (χ1n) is 10.3. The first kappa shape index (κ1) is 21.6. The number of nitrogens with one attached hydrogen (secondary N) is 2. The predicted molar refractivity (Wildman–Crippen MR) is 112 cm³/mol. The second kappa shape index (κ2) is 8.71. The molecular weight excluding hydrogens is 392 g/mol. The number of amides is 4. The molecule has 2 N–H and O–H groups in total. The van der Waals surface area contributed by atoms with Crippen molar-refractivity contribution in [2.24, 2.45) is 0 Å². The van der Waals surface area contributed by atoms with E-state index in [1.807, 2.05) is 36.1 Å². The summed E-state index contributed by atoms with van der Waals surface area (Å²) in [7, 11) is 0. The molecule has 158 valence electrons. The van der Waals surface area contributed by atoms with Crippen LogP contribution in [0.3, 0.4) is 0 Å². The fourth-order valence-corrected chi connectivity index (χ4v) is 4.83. The molecule has 1 unspecified atom stereocenters. The molecule has 2 heterocycles. The van der Waals surface area contributed by atoms with Crippen LogP contribution in [0.2, 0.25) is 0 Å². The third-order valence-corrected chi connectivity index (χ3v) is 6.25. The summed E-state index contributed by atoms with van der Waals surface area (Å²) in [5.74, 6) is -0.432. The van der Waals surface area contributed by atoms with Gasteiger partial charge in [-0.15, -0.1) is 12.4 Å². The first-order valence-corrected chi connectivity index (χ1v) is 10.3. The van der Waals surface area contributed by atoms with Crippen molar-refractivity contribution in [2.45, 2.75) is 50.6 Å². The van der Waals surface area contributed by atoms with Crippen LogP contribution in [0.15, 0.2) is 24.3 Å². The predicted octanol–water partition coefficient (Wildman–Crippen LogP) is 1.79. The summed E-state index contributed by atoms with van der Waals surface area (Å²) in [6.45, 7) is 4.29. The Labute approximate surface area is 177 Å². The molecule has 1 aromatic carbocycles. The molecule has 1 aliphatic carbocycles. The van der Waals surface area contributed by atoms with Gasteiger partial charge in [-0.05, 0) is 56.3 Å². The van der Waals surface area contributed by atoms with Crippen LogP contribution in [0, 0.1) is 0 Å². The minimum atomic E-state index is -1.00. The number of urea groups is 1. The van der Waals surface area contributed by atoms with Crippen molar-refractivity contribution < 1.29 is 14.4 Å². The molecule has 8 heteroatoms. The molecule has 1 atom stereocenters. The second-order valence-electron chi connectivity index (χ2n) is 7.95. The Kier molecular flexibility index (Phi) is 6.49. The van der Waals surface area contributed by atoms with Gasteiger partial charge >= 0.3 is 6.03 Å². The largest absolute Gasteiger partial charge is 0.338 e. The fraction of sp³-hybridized carbons (Fsp3) is 0.571. The van der Waals surface area contributed by atoms with Gasteiger partial charge in [0.25, 0.3) is 5.91 Å². The lowest BCUT2D eigenvalue weighted by molar-refractivity contribution is -0.140. The van der Waals surface area contributed by atoms with E-state index in [4.69, 9.17) is 0 Å². The lowest BCUT2D eigenvalue weighted by atomic mass is 9.92. The highest BCUT2D eigenvalue weighted by atomic mass is 35.5. The van der Waals surface area contributed by atoms with Gasteiger partial charge in [-0.25, -0.2) is 4.79 Å². The Morgan fingerprint density at radius 3 is 2.69 bits per heavy atom. The van der Waals surface area contributed by atoms with Crippen LogP contribution in [0.25, 0.3) is 0 Å². The van der Waals surface area contributed by atoms with Gasteiger partial charge in [0.05, 0.1) is 0 Å². The number of piperidine rings is 1. The lowest BCUT2D eigenvalue weighted by Crippen LogP contribution is -2.51. The molecule has 0 bridgehead atoms. The SMILES string of the molecule is CCCN(C(=O)CN1C(=O)NC2(CCc3ccccc32)C1=O)C1CCNCC1.Cl. The lowest BCUT2D eigenvalue weighted by Gasteiger charge is -2.35. The number of nitrogens with zero attached hydrogens (tertiary/aromatic N) is 2. The Balaban J connectivity index is 0.00000240. The first-order chi connectivity index (χ1) is 13.6. The molecule has 2 fully saturated rings. The van der Waals surface area contributed by atoms with Crippen LogP contribution < -0.4 is 10.6 Å². The summed E-state index contributed by atoms with van der Waals surface area (Å²) < 4.78 is 0. The molecule has 0 radical (unpaired) electrons. The summed E-state index contributed by atoms with van der Waals surface area (Å²) >= 11 is 0. The molecule has 0 saturated carbocycles. The normalized spacial score (nSPS) is 23.7. The maximum absolute atomic E-state index is 13.3. The third kappa shape index (κ3) is 3.73. The summed E-state index contributed by atoms with van der Waals surface area (Å²) in [6, 6.07) is 7.45. The Bertz CT molecular complexity index is 796. The third-order valence-electron chi connectivity index (χ3n) is 6.25. The van der Waals surface area contributed by atoms with Gasteiger partial charge in [0, 0.05) is 12.6 Å². The van der Waals surface area contributed by atoms with Gasteiger partial charge in [0.1, 0.15) is 12.1 Å². The maximum atomic E-state index is 13.3. The molecule has 7 nitrogen and oxygen atoms in total. The summed E-state index contributed by atoms with van der Waals surface area (Å²) in [5, 5.41) is 6.21. The van der Waals surface area contributed by atoms with E-state index in [-0.39, 0.29) is 36.8 Å². The minimum absolute atomic E-state index is 0. The highest BCUT2D eigenvalue weighted by Crippen LogP contribution is 2.41. The Hall–Kier alpha value is -2.12. The topological polar surface area (TPSA) is 81.8 Å². The summed E-state index contributed by atoms with van der Waals surface area (Å²) in [6.07, 6.45) is 3.97. The smallest absolute Gasteiger partial charge is 0.325 e. The van der Waals surface area contributed by atoms with Crippen LogP contribution in [-0.4, -0.2) is 59.9 Å². The highest BCUT2D eigenvalue weighted by Gasteiger charge is 2.55. The number of hydrogen-bond acceptors (Lipinski definition) is 4. The van der Waals surface area contributed by atoms with E-state index in [1.165, 1.54) is 0 Å². The average Bonchev–Trinajstić information content (AvgIpc) is 3.20. The molecule has 29 heavy (non-hydrogen) atoms. The van der Waals surface area contributed by atoms with Gasteiger partial charge in [-0.3, -0.25) is 14.5 Å². The van der Waals surface area contributed by atoms with Crippen molar-refractivity contribution in [1.82, 2.24) is 20.4 Å². The standard InChI is InChI=1S/C21H28N4O3.ClH/c1-2-13-24(16-8-11-22-12-9-16)18(26)14-25-19(27)21(23-20(25)28)10-7-15-5-3-4-6-17(15)21;/h3-6,16,22H,2,7-14H2,1H3,(H,23,28);1H. The number of imide groups is 1. The fourth-order valence-electron chi connectivity index (χ4n) is 4.83. The number of halogens is 1. The highest BCUT2D eigenvalue weighted by molar-refractivity contribution is 6.09. The monoisotopic (exact) mass is 420 g/mol. The number of carbonyl (C=O) groups is 3. The van der Waals surface area contributed by atoms with E-state index in [1.54, 1.807) is 0 Å². The molecule has 1 spiro atoms. The van der Waals surface area contributed by atoms with E-state index in [2.05, 4.69) is 10.6 Å². The molecule has 3 aliphatic rings. The zero-order valence-corrected chi connectivity index (χ0v) is 17.6. The van der Waals surface area contributed by atoms with Crippen molar-refractivity contribution >= 4 is 30.3 Å². The van der Waals surface area contributed by atoms with Crippen molar-refractivity contribution in [1.29, 1.82) is 0 Å². The maximum Gasteiger partial charge on any atom is 0.325 e. The van der Waals surface area contributed by atoms with Crippen LogP contribution in [-0.2, 0) is 21.5 Å². The molecule has 2 saturated heterocycles. The van der Waals surface area contributed by atoms with Gasteiger partial charge in [0.2, 0.25) is 5.91 Å². The number of rotatable bonds is 5. The van der Waals surface area contributed by atoms with Gasteiger partial charge < -0.3 is 15.5 Å².